The molecule has 3 aliphatic heterocycles. The first kappa shape index (κ1) is 23.9. The maximum atomic E-state index is 12.7. The first-order chi connectivity index (χ1) is 15.8. The predicted octanol–water partition coefficient (Wildman–Crippen LogP) is 2.21. The fraction of sp³-hybridized carbons (Fsp3) is 0.750. The Bertz CT molecular complexity index is 838. The molecule has 0 aromatic heterocycles. The van der Waals surface area contributed by atoms with Crippen LogP contribution in [-0.4, -0.2) is 64.8 Å². The van der Waals surface area contributed by atoms with Gasteiger partial charge in [-0.05, 0) is 26.2 Å². The molecule has 3 heterocycles. The standard InChI is InChI=1S/C24H33NO8/c1-14(11-9-7-5-3-2-4-6-8-10-12-16(26)27)22(29)25-15-13-24(33-23(15)30)20(28)18-17(31-18)19-21(24)32-19/h11,15,17-19,21H,2-10,12-13H2,1H3,(H,25,29)(H,26,27). The fourth-order valence-electron chi connectivity index (χ4n) is 4.99. The van der Waals surface area contributed by atoms with Crippen LogP contribution < -0.4 is 5.32 Å². The van der Waals surface area contributed by atoms with Gasteiger partial charge in [-0.25, -0.2) is 4.79 Å². The second-order valence-electron chi connectivity index (χ2n) is 9.60. The third kappa shape index (κ3) is 5.30. The summed E-state index contributed by atoms with van der Waals surface area (Å²) < 4.78 is 16.4. The van der Waals surface area contributed by atoms with Gasteiger partial charge in [0.2, 0.25) is 17.3 Å². The monoisotopic (exact) mass is 463 g/mol. The maximum absolute atomic E-state index is 12.7. The molecule has 4 fully saturated rings. The van der Waals surface area contributed by atoms with Crippen molar-refractivity contribution in [2.75, 3.05) is 0 Å². The van der Waals surface area contributed by atoms with E-state index in [9.17, 15) is 19.2 Å². The summed E-state index contributed by atoms with van der Waals surface area (Å²) in [7, 11) is 0. The molecule has 0 radical (unpaired) electrons. The zero-order valence-electron chi connectivity index (χ0n) is 19.0. The number of unbranched alkanes of at least 4 members (excludes halogenated alkanes) is 8. The minimum absolute atomic E-state index is 0.0910. The molecule has 33 heavy (non-hydrogen) atoms. The van der Waals surface area contributed by atoms with E-state index in [1.54, 1.807) is 6.92 Å². The van der Waals surface area contributed by atoms with Crippen molar-refractivity contribution in [3.63, 3.8) is 0 Å². The number of rotatable bonds is 13. The Kier molecular flexibility index (Phi) is 7.19. The molecule has 0 aromatic rings. The highest BCUT2D eigenvalue weighted by molar-refractivity contribution is 6.02. The van der Waals surface area contributed by atoms with Crippen LogP contribution in [0.1, 0.15) is 77.6 Å². The smallest absolute Gasteiger partial charge is 0.329 e. The number of carbonyl (C=O) groups excluding carboxylic acids is 3. The molecule has 0 bridgehead atoms. The van der Waals surface area contributed by atoms with Crippen LogP contribution in [0.2, 0.25) is 0 Å². The van der Waals surface area contributed by atoms with Gasteiger partial charge in [-0.1, -0.05) is 44.6 Å². The molecule has 1 aliphatic carbocycles. The van der Waals surface area contributed by atoms with Crippen molar-refractivity contribution in [1.29, 1.82) is 0 Å². The summed E-state index contributed by atoms with van der Waals surface area (Å²) in [6.45, 7) is 1.72. The van der Waals surface area contributed by atoms with Crippen molar-refractivity contribution in [3.8, 4) is 0 Å². The van der Waals surface area contributed by atoms with Gasteiger partial charge in [-0.2, -0.15) is 0 Å². The molecule has 4 rings (SSSR count). The number of esters is 1. The minimum Gasteiger partial charge on any atom is -0.481 e. The number of hydrogen-bond donors (Lipinski definition) is 2. The highest BCUT2D eigenvalue weighted by atomic mass is 16.7. The van der Waals surface area contributed by atoms with Crippen molar-refractivity contribution in [2.45, 2.75) is 114 Å². The number of ether oxygens (including phenoxy) is 3. The molecule has 9 heteroatoms. The van der Waals surface area contributed by atoms with E-state index in [2.05, 4.69) is 5.32 Å². The molecule has 2 N–H and O–H groups in total. The lowest BCUT2D eigenvalue weighted by atomic mass is 9.80. The second-order valence-corrected chi connectivity index (χ2v) is 9.60. The number of carboxylic acid groups (broad SMARTS) is 1. The number of ketones is 1. The summed E-state index contributed by atoms with van der Waals surface area (Å²) in [4.78, 5) is 48.0. The quantitative estimate of drug-likeness (QED) is 0.184. The van der Waals surface area contributed by atoms with Gasteiger partial charge >= 0.3 is 11.9 Å². The number of epoxide rings is 2. The van der Waals surface area contributed by atoms with Gasteiger partial charge in [0.15, 0.2) is 0 Å². The van der Waals surface area contributed by atoms with E-state index < -0.39 is 35.8 Å². The number of carboxylic acids is 1. The van der Waals surface area contributed by atoms with E-state index >= 15 is 0 Å². The Hall–Kier alpha value is -2.26. The number of aliphatic carboxylic acids is 1. The van der Waals surface area contributed by atoms with Crippen molar-refractivity contribution in [3.05, 3.63) is 11.6 Å². The summed E-state index contributed by atoms with van der Waals surface area (Å²) in [6.07, 6.45) is 9.86. The minimum atomic E-state index is -1.31. The van der Waals surface area contributed by atoms with Crippen LogP contribution in [0.5, 0.6) is 0 Å². The van der Waals surface area contributed by atoms with E-state index in [1.165, 1.54) is 0 Å². The van der Waals surface area contributed by atoms with Crippen molar-refractivity contribution < 1.29 is 38.5 Å². The van der Waals surface area contributed by atoms with Crippen molar-refractivity contribution in [1.82, 2.24) is 5.32 Å². The van der Waals surface area contributed by atoms with Crippen LogP contribution in [0, 0.1) is 0 Å². The maximum Gasteiger partial charge on any atom is 0.329 e. The van der Waals surface area contributed by atoms with Crippen molar-refractivity contribution in [2.24, 2.45) is 0 Å². The van der Waals surface area contributed by atoms with Crippen LogP contribution >= 0.6 is 0 Å². The second kappa shape index (κ2) is 9.93. The Morgan fingerprint density at radius 1 is 1.03 bits per heavy atom. The Balaban J connectivity index is 1.11. The zero-order chi connectivity index (χ0) is 23.6. The molecule has 6 unspecified atom stereocenters. The van der Waals surface area contributed by atoms with E-state index in [-0.39, 0.29) is 36.7 Å². The molecule has 6 atom stereocenters. The molecule has 0 aromatic carbocycles. The first-order valence-electron chi connectivity index (χ1n) is 12.1. The van der Waals surface area contributed by atoms with Crippen LogP contribution in [0.15, 0.2) is 11.6 Å². The Labute approximate surface area is 193 Å². The van der Waals surface area contributed by atoms with Gasteiger partial charge in [0.25, 0.3) is 0 Å². The van der Waals surface area contributed by atoms with E-state index in [4.69, 9.17) is 19.3 Å². The Morgan fingerprint density at radius 2 is 1.70 bits per heavy atom. The zero-order valence-corrected chi connectivity index (χ0v) is 19.0. The molecule has 1 spiro atoms. The van der Waals surface area contributed by atoms with Crippen LogP contribution in [0.3, 0.4) is 0 Å². The number of nitrogens with one attached hydrogen (secondary N) is 1. The molecule has 9 nitrogen and oxygen atoms in total. The molecule has 1 amide bonds. The lowest BCUT2D eigenvalue weighted by Gasteiger charge is -2.25. The first-order valence-corrected chi connectivity index (χ1v) is 12.1. The number of fused-ring (bicyclic) bond motifs is 4. The molecule has 4 aliphatic rings. The summed E-state index contributed by atoms with van der Waals surface area (Å²) in [5.41, 5.74) is -0.770. The van der Waals surface area contributed by atoms with Gasteiger partial charge in [0.1, 0.15) is 30.5 Å². The number of amides is 1. The van der Waals surface area contributed by atoms with E-state index in [0.29, 0.717) is 5.57 Å². The highest BCUT2D eigenvalue weighted by Gasteiger charge is 2.79. The summed E-state index contributed by atoms with van der Waals surface area (Å²) >= 11 is 0. The lowest BCUT2D eigenvalue weighted by molar-refractivity contribution is -0.160. The average Bonchev–Trinajstić information content (AvgIpc) is 3.67. The summed E-state index contributed by atoms with van der Waals surface area (Å²) in [5, 5.41) is 11.3. The third-order valence-corrected chi connectivity index (χ3v) is 7.04. The van der Waals surface area contributed by atoms with Gasteiger partial charge in [0.05, 0.1) is 0 Å². The van der Waals surface area contributed by atoms with Gasteiger partial charge in [-0.3, -0.25) is 14.4 Å². The molecule has 3 saturated heterocycles. The summed E-state index contributed by atoms with van der Waals surface area (Å²) in [5.74, 6) is -1.90. The van der Waals surface area contributed by atoms with Gasteiger partial charge in [0, 0.05) is 18.4 Å². The SMILES string of the molecule is CC(=CCCCCCCCCCCC(=O)O)C(=O)NC1CC2(OC1=O)C(=O)C1OC1C1OC12. The van der Waals surface area contributed by atoms with E-state index in [1.807, 2.05) is 6.08 Å². The molecular formula is C24H33NO8. The number of hydrogen-bond acceptors (Lipinski definition) is 7. The molecule has 1 saturated carbocycles. The largest absolute Gasteiger partial charge is 0.481 e. The van der Waals surface area contributed by atoms with Gasteiger partial charge in [-0.15, -0.1) is 0 Å². The third-order valence-electron chi connectivity index (χ3n) is 7.04. The number of allylic oxidation sites excluding steroid dienone is 1. The van der Waals surface area contributed by atoms with E-state index in [0.717, 1.165) is 57.8 Å². The van der Waals surface area contributed by atoms with Crippen LogP contribution in [-0.2, 0) is 33.4 Å². The van der Waals surface area contributed by atoms with Crippen LogP contribution in [0.4, 0.5) is 0 Å². The van der Waals surface area contributed by atoms with Gasteiger partial charge < -0.3 is 24.6 Å². The average molecular weight is 464 g/mol. The number of carbonyl (C=O) groups is 4. The van der Waals surface area contributed by atoms with Crippen LogP contribution in [0.25, 0.3) is 0 Å². The molecular weight excluding hydrogens is 430 g/mol. The highest BCUT2D eigenvalue weighted by Crippen LogP contribution is 2.55. The van der Waals surface area contributed by atoms with Crippen molar-refractivity contribution >= 4 is 23.6 Å². The predicted molar refractivity (Wildman–Crippen MR) is 115 cm³/mol. The Morgan fingerprint density at radius 3 is 2.39 bits per heavy atom. The topological polar surface area (TPSA) is 135 Å². The normalized spacial score (nSPS) is 34.0. The fourth-order valence-corrected chi connectivity index (χ4v) is 4.99. The number of Topliss-reactive ketones (excluding diaryl/α,β-unsaturated/α-hetero) is 1. The lowest BCUT2D eigenvalue weighted by Crippen LogP contribution is -2.51. The molecule has 182 valence electrons. The summed E-state index contributed by atoms with van der Waals surface area (Å²) in [6, 6.07) is -0.861.